The topological polar surface area (TPSA) is 51.1 Å². The summed E-state index contributed by atoms with van der Waals surface area (Å²) in [5, 5.41) is 3.69. The summed E-state index contributed by atoms with van der Waals surface area (Å²) in [6.45, 7) is 6.37. The summed E-state index contributed by atoms with van der Waals surface area (Å²) in [6, 6.07) is 8.86. The van der Waals surface area contributed by atoms with Gasteiger partial charge in [-0.2, -0.15) is 0 Å². The Morgan fingerprint density at radius 1 is 1.24 bits per heavy atom. The molecule has 0 fully saturated rings. The molecule has 4 nitrogen and oxygen atoms in total. The minimum Gasteiger partial charge on any atom is -0.350 e. The maximum atomic E-state index is 12.2. The third-order valence-corrected chi connectivity index (χ3v) is 3.55. The van der Waals surface area contributed by atoms with Crippen molar-refractivity contribution in [3.05, 3.63) is 46.8 Å². The number of aromatic nitrogens is 1. The van der Waals surface area contributed by atoms with Gasteiger partial charge in [-0.3, -0.25) is 9.59 Å². The van der Waals surface area contributed by atoms with Gasteiger partial charge in [-0.05, 0) is 32.4 Å². The van der Waals surface area contributed by atoms with Gasteiger partial charge in [0.15, 0.2) is 5.43 Å². The smallest absolute Gasteiger partial charge is 0.240 e. The van der Waals surface area contributed by atoms with Crippen LogP contribution in [0.25, 0.3) is 10.9 Å². The summed E-state index contributed by atoms with van der Waals surface area (Å²) in [6.07, 6.45) is 3.63. The average molecular weight is 286 g/mol. The molecule has 1 N–H and O–H groups in total. The molecule has 112 valence electrons. The molecule has 0 bridgehead atoms. The van der Waals surface area contributed by atoms with E-state index in [-0.39, 0.29) is 23.4 Å². The predicted octanol–water partition coefficient (Wildman–Crippen LogP) is 2.70. The largest absolute Gasteiger partial charge is 0.350 e. The van der Waals surface area contributed by atoms with Crippen LogP contribution in [0.4, 0.5) is 0 Å². The van der Waals surface area contributed by atoms with Crippen molar-refractivity contribution in [2.75, 3.05) is 0 Å². The molecule has 0 radical (unpaired) electrons. The lowest BCUT2D eigenvalue weighted by Gasteiger charge is -2.26. The van der Waals surface area contributed by atoms with Crippen molar-refractivity contribution in [1.29, 1.82) is 0 Å². The maximum absolute atomic E-state index is 12.2. The molecule has 0 unspecified atom stereocenters. The second-order valence-electron chi connectivity index (χ2n) is 6.01. The monoisotopic (exact) mass is 286 g/mol. The lowest BCUT2D eigenvalue weighted by Crippen LogP contribution is -2.44. The second kappa shape index (κ2) is 6.12. The normalized spacial score (nSPS) is 11.6. The number of amides is 1. The minimum atomic E-state index is -0.208. The molecule has 1 aromatic heterocycles. The molecular formula is C17H22N2O2. The van der Waals surface area contributed by atoms with Gasteiger partial charge in [0.2, 0.25) is 5.91 Å². The summed E-state index contributed by atoms with van der Waals surface area (Å²) in [5.74, 6) is -0.0396. The van der Waals surface area contributed by atoms with Gasteiger partial charge in [-0.25, -0.2) is 0 Å². The Morgan fingerprint density at radius 3 is 2.67 bits per heavy atom. The van der Waals surface area contributed by atoms with Gasteiger partial charge in [0.25, 0.3) is 0 Å². The molecule has 0 saturated carbocycles. The summed E-state index contributed by atoms with van der Waals surface area (Å²) in [4.78, 5) is 24.0. The number of benzene rings is 1. The van der Waals surface area contributed by atoms with Crippen molar-refractivity contribution in [1.82, 2.24) is 9.88 Å². The van der Waals surface area contributed by atoms with Crippen LogP contribution in [0.3, 0.4) is 0 Å². The first-order valence-electron chi connectivity index (χ1n) is 7.32. The molecule has 0 atom stereocenters. The fourth-order valence-corrected chi connectivity index (χ4v) is 2.66. The molecule has 0 aliphatic heterocycles. The number of para-hydroxylation sites is 1. The van der Waals surface area contributed by atoms with Crippen LogP contribution < -0.4 is 10.7 Å². The fraction of sp³-hybridized carbons (Fsp3) is 0.412. The van der Waals surface area contributed by atoms with Crippen molar-refractivity contribution in [2.45, 2.75) is 45.7 Å². The fourth-order valence-electron chi connectivity index (χ4n) is 2.66. The number of fused-ring (bicyclic) bond motifs is 1. The van der Waals surface area contributed by atoms with Crippen LogP contribution >= 0.6 is 0 Å². The Labute approximate surface area is 124 Å². The van der Waals surface area contributed by atoms with E-state index in [0.29, 0.717) is 5.39 Å². The molecule has 4 heteroatoms. The molecule has 0 aliphatic rings. The summed E-state index contributed by atoms with van der Waals surface area (Å²) >= 11 is 0. The van der Waals surface area contributed by atoms with E-state index in [9.17, 15) is 9.59 Å². The van der Waals surface area contributed by atoms with Crippen molar-refractivity contribution in [3.63, 3.8) is 0 Å². The Bertz CT molecular complexity index is 701. The van der Waals surface area contributed by atoms with Crippen LogP contribution in [0.15, 0.2) is 41.3 Å². The van der Waals surface area contributed by atoms with Crippen LogP contribution in [0.5, 0.6) is 0 Å². The molecule has 2 aromatic rings. The van der Waals surface area contributed by atoms with E-state index in [0.717, 1.165) is 18.4 Å². The Morgan fingerprint density at radius 2 is 1.95 bits per heavy atom. The molecule has 1 aromatic carbocycles. The van der Waals surface area contributed by atoms with E-state index in [1.54, 1.807) is 12.3 Å². The van der Waals surface area contributed by atoms with Crippen LogP contribution in [0, 0.1) is 0 Å². The van der Waals surface area contributed by atoms with Gasteiger partial charge in [0.1, 0.15) is 6.54 Å². The number of nitrogens with one attached hydrogen (secondary N) is 1. The Hall–Kier alpha value is -2.10. The number of hydrogen-bond donors (Lipinski definition) is 1. The third kappa shape index (κ3) is 3.72. The van der Waals surface area contributed by atoms with Gasteiger partial charge < -0.3 is 9.88 Å². The minimum absolute atomic E-state index is 0.0198. The molecule has 0 aliphatic carbocycles. The number of carbonyl (C=O) groups is 1. The highest BCUT2D eigenvalue weighted by Gasteiger charge is 2.19. The summed E-state index contributed by atoms with van der Waals surface area (Å²) in [7, 11) is 0. The molecule has 0 spiro atoms. The van der Waals surface area contributed by atoms with E-state index in [2.05, 4.69) is 12.2 Å². The van der Waals surface area contributed by atoms with E-state index < -0.39 is 0 Å². The number of rotatable bonds is 5. The molecular weight excluding hydrogens is 264 g/mol. The van der Waals surface area contributed by atoms with Gasteiger partial charge >= 0.3 is 0 Å². The molecule has 2 rings (SSSR count). The van der Waals surface area contributed by atoms with Crippen molar-refractivity contribution >= 4 is 16.8 Å². The highest BCUT2D eigenvalue weighted by atomic mass is 16.2. The van der Waals surface area contributed by atoms with Gasteiger partial charge in [-0.1, -0.05) is 25.5 Å². The van der Waals surface area contributed by atoms with Gasteiger partial charge in [-0.15, -0.1) is 0 Å². The van der Waals surface area contributed by atoms with Gasteiger partial charge in [0.05, 0.1) is 5.52 Å². The lowest BCUT2D eigenvalue weighted by molar-refractivity contribution is -0.123. The van der Waals surface area contributed by atoms with Crippen LogP contribution in [-0.2, 0) is 11.3 Å². The quantitative estimate of drug-likeness (QED) is 0.918. The van der Waals surface area contributed by atoms with Crippen LogP contribution in [0.2, 0.25) is 0 Å². The van der Waals surface area contributed by atoms with Gasteiger partial charge in [0, 0.05) is 23.2 Å². The second-order valence-corrected chi connectivity index (χ2v) is 6.01. The zero-order valence-electron chi connectivity index (χ0n) is 12.8. The number of nitrogens with zero attached hydrogens (tertiary/aromatic N) is 1. The third-order valence-electron chi connectivity index (χ3n) is 3.55. The lowest BCUT2D eigenvalue weighted by atomic mass is 9.99. The molecule has 1 heterocycles. The Balaban J connectivity index is 2.23. The van der Waals surface area contributed by atoms with Crippen molar-refractivity contribution in [2.24, 2.45) is 0 Å². The summed E-state index contributed by atoms with van der Waals surface area (Å²) in [5.41, 5.74) is 0.558. The van der Waals surface area contributed by atoms with E-state index in [1.165, 1.54) is 6.07 Å². The van der Waals surface area contributed by atoms with E-state index in [1.807, 2.05) is 36.6 Å². The molecule has 0 saturated heterocycles. The predicted molar refractivity (Wildman–Crippen MR) is 85.3 cm³/mol. The standard InChI is InChI=1S/C17H22N2O2/c1-4-10-17(2,3)18-16(21)12-19-11-9-15(20)13-7-5-6-8-14(13)19/h5-9,11H,4,10,12H2,1-3H3,(H,18,21). The average Bonchev–Trinajstić information content (AvgIpc) is 2.41. The first-order chi connectivity index (χ1) is 9.93. The molecule has 21 heavy (non-hydrogen) atoms. The van der Waals surface area contributed by atoms with Crippen molar-refractivity contribution in [3.8, 4) is 0 Å². The first kappa shape index (κ1) is 15.3. The maximum Gasteiger partial charge on any atom is 0.240 e. The number of pyridine rings is 1. The van der Waals surface area contributed by atoms with Crippen LogP contribution in [0.1, 0.15) is 33.6 Å². The number of carbonyl (C=O) groups excluding carboxylic acids is 1. The van der Waals surface area contributed by atoms with Crippen molar-refractivity contribution < 1.29 is 4.79 Å². The van der Waals surface area contributed by atoms with E-state index in [4.69, 9.17) is 0 Å². The Kier molecular flexibility index (Phi) is 4.46. The molecule has 1 amide bonds. The highest BCUT2D eigenvalue weighted by Crippen LogP contribution is 2.12. The summed E-state index contributed by atoms with van der Waals surface area (Å²) < 4.78 is 1.81. The highest BCUT2D eigenvalue weighted by molar-refractivity contribution is 5.82. The number of hydrogen-bond acceptors (Lipinski definition) is 2. The SMILES string of the molecule is CCCC(C)(C)NC(=O)Cn1ccc(=O)c2ccccc21. The zero-order chi connectivity index (χ0) is 15.5. The van der Waals surface area contributed by atoms with Crippen LogP contribution in [-0.4, -0.2) is 16.0 Å². The van der Waals surface area contributed by atoms with E-state index >= 15 is 0 Å². The first-order valence-corrected chi connectivity index (χ1v) is 7.32. The zero-order valence-corrected chi connectivity index (χ0v) is 12.8.